The molecule has 0 heterocycles. The van der Waals surface area contributed by atoms with Crippen molar-refractivity contribution in [1.82, 2.24) is 4.72 Å². The maximum atomic E-state index is 12.8. The summed E-state index contributed by atoms with van der Waals surface area (Å²) >= 11 is 1.67. The molecule has 2 aromatic rings. The Labute approximate surface area is 178 Å². The summed E-state index contributed by atoms with van der Waals surface area (Å²) < 4.78 is 33.5. The highest BCUT2D eigenvalue weighted by Crippen LogP contribution is 2.24. The fourth-order valence-corrected chi connectivity index (χ4v) is 4.41. The molecule has 29 heavy (non-hydrogen) atoms. The molecule has 7 heteroatoms. The molecule has 0 saturated heterocycles. The summed E-state index contributed by atoms with van der Waals surface area (Å²) in [5.41, 5.74) is 1.24. The van der Waals surface area contributed by atoms with Gasteiger partial charge in [-0.1, -0.05) is 38.1 Å². The van der Waals surface area contributed by atoms with Crippen LogP contribution in [0.1, 0.15) is 34.6 Å². The number of carbonyl (C=O) groups excluding carboxylic acids is 1. The molecule has 0 fully saturated rings. The minimum Gasteiger partial charge on any atom is -0.459 e. The average molecular weight is 436 g/mol. The van der Waals surface area contributed by atoms with Crippen molar-refractivity contribution in [3.8, 4) is 11.1 Å². The van der Waals surface area contributed by atoms with Crippen molar-refractivity contribution >= 4 is 27.8 Å². The van der Waals surface area contributed by atoms with Gasteiger partial charge in [0.05, 0.1) is 4.90 Å². The van der Waals surface area contributed by atoms with Crippen LogP contribution >= 0.6 is 11.8 Å². The molecule has 0 bridgehead atoms. The molecule has 2 rings (SSSR count). The Bertz CT molecular complexity index is 928. The number of hydrogen-bond donors (Lipinski definition) is 1. The Morgan fingerprint density at radius 3 is 1.86 bits per heavy atom. The summed E-state index contributed by atoms with van der Waals surface area (Å²) in [6.45, 7) is 8.81. The summed E-state index contributed by atoms with van der Waals surface area (Å²) in [5.74, 6) is -0.838. The molecule has 0 aliphatic heterocycles. The van der Waals surface area contributed by atoms with E-state index < -0.39 is 27.6 Å². The first kappa shape index (κ1) is 23.4. The number of hydrogen-bond acceptors (Lipinski definition) is 5. The van der Waals surface area contributed by atoms with E-state index in [1.54, 1.807) is 70.6 Å². The van der Waals surface area contributed by atoms with Gasteiger partial charge in [0.15, 0.2) is 0 Å². The summed E-state index contributed by atoms with van der Waals surface area (Å²) in [6, 6.07) is 13.7. The van der Waals surface area contributed by atoms with Gasteiger partial charge in [0.2, 0.25) is 10.0 Å². The van der Waals surface area contributed by atoms with Crippen molar-refractivity contribution in [3.05, 3.63) is 48.5 Å². The zero-order valence-corrected chi connectivity index (χ0v) is 19.4. The van der Waals surface area contributed by atoms with Gasteiger partial charge in [-0.15, -0.1) is 11.8 Å². The predicted octanol–water partition coefficient (Wildman–Crippen LogP) is 4.72. The zero-order valence-electron chi connectivity index (χ0n) is 17.7. The zero-order chi connectivity index (χ0) is 21.8. The fraction of sp³-hybridized carbons (Fsp3) is 0.409. The lowest BCUT2D eigenvalue weighted by atomic mass is 10.1. The highest BCUT2D eigenvalue weighted by atomic mass is 32.2. The molecule has 1 atom stereocenters. The van der Waals surface area contributed by atoms with Gasteiger partial charge in [0.25, 0.3) is 0 Å². The van der Waals surface area contributed by atoms with E-state index >= 15 is 0 Å². The Morgan fingerprint density at radius 1 is 0.966 bits per heavy atom. The minimum absolute atomic E-state index is 0.108. The lowest BCUT2D eigenvalue weighted by Crippen LogP contribution is -2.47. The summed E-state index contributed by atoms with van der Waals surface area (Å²) in [5, 5.41) is 0. The Morgan fingerprint density at radius 2 is 1.45 bits per heavy atom. The van der Waals surface area contributed by atoms with Crippen LogP contribution in [0.5, 0.6) is 0 Å². The number of thioether (sulfide) groups is 1. The van der Waals surface area contributed by atoms with Crippen molar-refractivity contribution in [2.45, 2.75) is 56.1 Å². The molecule has 0 radical (unpaired) electrons. The lowest BCUT2D eigenvalue weighted by Gasteiger charge is -2.26. The van der Waals surface area contributed by atoms with Crippen LogP contribution in [0.4, 0.5) is 0 Å². The summed E-state index contributed by atoms with van der Waals surface area (Å²) in [4.78, 5) is 13.7. The number of sulfonamides is 1. The van der Waals surface area contributed by atoms with Crippen LogP contribution in [0.2, 0.25) is 0 Å². The SMILES string of the molecule is CSc1ccc(-c2ccc(S(=O)(=O)N[C@@H](C(=O)OC(C)(C)C)C(C)C)cc2)cc1. The number of nitrogens with one attached hydrogen (secondary N) is 1. The minimum atomic E-state index is -3.87. The Hall–Kier alpha value is -1.83. The topological polar surface area (TPSA) is 72.5 Å². The Kier molecular flexibility index (Phi) is 7.54. The second kappa shape index (κ2) is 9.32. The van der Waals surface area contributed by atoms with E-state index in [9.17, 15) is 13.2 Å². The average Bonchev–Trinajstić information content (AvgIpc) is 2.64. The van der Waals surface area contributed by atoms with Gasteiger partial charge in [-0.2, -0.15) is 4.72 Å². The van der Waals surface area contributed by atoms with E-state index in [0.29, 0.717) is 0 Å². The molecule has 0 aromatic heterocycles. The molecule has 1 N–H and O–H groups in total. The normalized spacial score (nSPS) is 13.3. The summed E-state index contributed by atoms with van der Waals surface area (Å²) in [6.07, 6.45) is 2.02. The first-order valence-electron chi connectivity index (χ1n) is 9.42. The molecule has 0 amide bonds. The van der Waals surface area contributed by atoms with Crippen LogP contribution in [0.25, 0.3) is 11.1 Å². The number of esters is 1. The van der Waals surface area contributed by atoms with Gasteiger partial charge in [0, 0.05) is 4.90 Å². The molecule has 0 spiro atoms. The molecule has 0 unspecified atom stereocenters. The monoisotopic (exact) mass is 435 g/mol. The van der Waals surface area contributed by atoms with Gasteiger partial charge in [0.1, 0.15) is 11.6 Å². The molecule has 0 aliphatic rings. The van der Waals surface area contributed by atoms with E-state index in [0.717, 1.165) is 11.1 Å². The smallest absolute Gasteiger partial charge is 0.324 e. The van der Waals surface area contributed by atoms with Crippen molar-refractivity contribution in [2.24, 2.45) is 5.92 Å². The van der Waals surface area contributed by atoms with E-state index in [1.165, 1.54) is 4.90 Å². The molecule has 158 valence electrons. The van der Waals surface area contributed by atoms with Crippen LogP contribution < -0.4 is 4.72 Å². The van der Waals surface area contributed by atoms with Crippen LogP contribution in [-0.4, -0.2) is 32.3 Å². The van der Waals surface area contributed by atoms with E-state index in [4.69, 9.17) is 4.74 Å². The first-order valence-corrected chi connectivity index (χ1v) is 12.1. The van der Waals surface area contributed by atoms with Crippen molar-refractivity contribution in [3.63, 3.8) is 0 Å². The maximum absolute atomic E-state index is 12.8. The third kappa shape index (κ3) is 6.59. The van der Waals surface area contributed by atoms with E-state index in [1.807, 2.05) is 30.5 Å². The molecular formula is C22H29NO4S2. The van der Waals surface area contributed by atoms with Crippen molar-refractivity contribution in [1.29, 1.82) is 0 Å². The maximum Gasteiger partial charge on any atom is 0.324 e. The van der Waals surface area contributed by atoms with Crippen LogP contribution in [-0.2, 0) is 19.6 Å². The third-order valence-corrected chi connectivity index (χ3v) is 6.40. The number of rotatable bonds is 7. The predicted molar refractivity (Wildman–Crippen MR) is 118 cm³/mol. The van der Waals surface area contributed by atoms with Gasteiger partial charge in [-0.3, -0.25) is 4.79 Å². The van der Waals surface area contributed by atoms with Crippen LogP contribution in [0.3, 0.4) is 0 Å². The second-order valence-electron chi connectivity index (χ2n) is 8.13. The molecule has 0 saturated carbocycles. The van der Waals surface area contributed by atoms with Gasteiger partial charge < -0.3 is 4.74 Å². The van der Waals surface area contributed by atoms with Crippen molar-refractivity contribution < 1.29 is 17.9 Å². The highest BCUT2D eigenvalue weighted by Gasteiger charge is 2.32. The molecular weight excluding hydrogens is 406 g/mol. The second-order valence-corrected chi connectivity index (χ2v) is 10.7. The summed E-state index contributed by atoms with van der Waals surface area (Å²) in [7, 11) is -3.87. The fourth-order valence-electron chi connectivity index (χ4n) is 2.67. The van der Waals surface area contributed by atoms with Gasteiger partial charge >= 0.3 is 5.97 Å². The third-order valence-electron chi connectivity index (χ3n) is 4.20. The molecule has 5 nitrogen and oxygen atoms in total. The van der Waals surface area contributed by atoms with Gasteiger partial charge in [-0.25, -0.2) is 8.42 Å². The first-order chi connectivity index (χ1) is 13.4. The van der Waals surface area contributed by atoms with E-state index in [2.05, 4.69) is 4.72 Å². The molecule has 2 aromatic carbocycles. The van der Waals surface area contributed by atoms with Crippen molar-refractivity contribution in [2.75, 3.05) is 6.26 Å². The lowest BCUT2D eigenvalue weighted by molar-refractivity contribution is -0.158. The van der Waals surface area contributed by atoms with E-state index in [-0.39, 0.29) is 10.8 Å². The largest absolute Gasteiger partial charge is 0.459 e. The van der Waals surface area contributed by atoms with Crippen LogP contribution in [0.15, 0.2) is 58.3 Å². The molecule has 0 aliphatic carbocycles. The standard InChI is InChI=1S/C22H29NO4S2/c1-15(2)20(21(24)27-22(3,4)5)23-29(25,26)19-13-9-17(10-14-19)16-7-11-18(28-6)12-8-16/h7-15,20,23H,1-6H3/t20-/m1/s1. The number of benzene rings is 2. The quantitative estimate of drug-likeness (QED) is 0.503. The number of ether oxygens (including phenoxy) is 1. The van der Waals surface area contributed by atoms with Gasteiger partial charge in [-0.05, 0) is 68.3 Å². The Balaban J connectivity index is 2.21. The highest BCUT2D eigenvalue weighted by molar-refractivity contribution is 7.98. The number of carbonyl (C=O) groups is 1. The van der Waals surface area contributed by atoms with Crippen LogP contribution in [0, 0.1) is 5.92 Å².